The minimum Gasteiger partial charge on any atom is -0.497 e. The molecule has 0 aliphatic carbocycles. The topological polar surface area (TPSA) is 73.2 Å². The highest BCUT2D eigenvalue weighted by Crippen LogP contribution is 2.17. The summed E-state index contributed by atoms with van der Waals surface area (Å²) in [7, 11) is 1.61. The average molecular weight is 337 g/mol. The molecule has 0 unspecified atom stereocenters. The third-order valence-electron chi connectivity index (χ3n) is 4.05. The Morgan fingerprint density at radius 2 is 1.92 bits per heavy atom. The molecule has 3 aromatic rings. The Bertz CT molecular complexity index is 948. The van der Waals surface area contributed by atoms with Crippen molar-refractivity contribution in [3.63, 3.8) is 0 Å². The summed E-state index contributed by atoms with van der Waals surface area (Å²) in [6, 6.07) is 14.6. The van der Waals surface area contributed by atoms with E-state index < -0.39 is 0 Å². The highest BCUT2D eigenvalue weighted by Gasteiger charge is 2.12. The number of hydrogen-bond donors (Lipinski definition) is 1. The minimum atomic E-state index is -0.300. The molecule has 1 amide bonds. The van der Waals surface area contributed by atoms with Crippen LogP contribution in [-0.4, -0.2) is 22.6 Å². The largest absolute Gasteiger partial charge is 0.497 e. The fourth-order valence-electron chi connectivity index (χ4n) is 2.68. The first-order valence-electron chi connectivity index (χ1n) is 7.96. The number of nitrogens with one attached hydrogen (secondary N) is 1. The van der Waals surface area contributed by atoms with Crippen LogP contribution in [0.25, 0.3) is 11.0 Å². The number of methoxy groups -OCH3 is 1. The van der Waals surface area contributed by atoms with Crippen molar-refractivity contribution < 1.29 is 9.53 Å². The fourth-order valence-corrected chi connectivity index (χ4v) is 2.68. The second-order valence-corrected chi connectivity index (χ2v) is 5.73. The van der Waals surface area contributed by atoms with E-state index in [4.69, 9.17) is 4.74 Å². The Kier molecular flexibility index (Phi) is 4.79. The van der Waals surface area contributed by atoms with Gasteiger partial charge in [-0.3, -0.25) is 14.2 Å². The van der Waals surface area contributed by atoms with Gasteiger partial charge in [0.05, 0.1) is 30.4 Å². The van der Waals surface area contributed by atoms with E-state index in [9.17, 15) is 9.59 Å². The normalized spacial score (nSPS) is 11.9. The van der Waals surface area contributed by atoms with Gasteiger partial charge in [-0.2, -0.15) is 0 Å². The van der Waals surface area contributed by atoms with Crippen molar-refractivity contribution in [3.05, 3.63) is 70.6 Å². The zero-order chi connectivity index (χ0) is 17.8. The van der Waals surface area contributed by atoms with E-state index in [0.29, 0.717) is 11.0 Å². The first kappa shape index (κ1) is 16.7. The van der Waals surface area contributed by atoms with Gasteiger partial charge in [-0.05, 0) is 36.8 Å². The maximum atomic E-state index is 12.4. The van der Waals surface area contributed by atoms with Crippen LogP contribution in [0.3, 0.4) is 0 Å². The number of aromatic nitrogens is 2. The van der Waals surface area contributed by atoms with Crippen LogP contribution in [0.1, 0.15) is 18.5 Å². The number of carbonyl (C=O) groups is 1. The molecule has 0 saturated carbocycles. The molecule has 1 heterocycles. The number of rotatable bonds is 5. The smallest absolute Gasteiger partial charge is 0.269 e. The second kappa shape index (κ2) is 7.17. The van der Waals surface area contributed by atoms with Gasteiger partial charge in [0.2, 0.25) is 5.91 Å². The lowest BCUT2D eigenvalue weighted by atomic mass is 10.1. The van der Waals surface area contributed by atoms with E-state index >= 15 is 0 Å². The molecule has 128 valence electrons. The van der Waals surface area contributed by atoms with Crippen molar-refractivity contribution in [2.24, 2.45) is 0 Å². The van der Waals surface area contributed by atoms with E-state index in [-0.39, 0.29) is 24.1 Å². The monoisotopic (exact) mass is 337 g/mol. The molecular weight excluding hydrogens is 318 g/mol. The summed E-state index contributed by atoms with van der Waals surface area (Å²) in [6.45, 7) is 1.84. The highest BCUT2D eigenvalue weighted by molar-refractivity contribution is 5.80. The molecule has 1 N–H and O–H groups in total. The van der Waals surface area contributed by atoms with Crippen LogP contribution in [-0.2, 0) is 11.3 Å². The van der Waals surface area contributed by atoms with Crippen LogP contribution in [0.15, 0.2) is 59.5 Å². The number of hydrogen-bond acceptors (Lipinski definition) is 4. The van der Waals surface area contributed by atoms with Crippen molar-refractivity contribution in [3.8, 4) is 5.75 Å². The van der Waals surface area contributed by atoms with Gasteiger partial charge >= 0.3 is 0 Å². The van der Waals surface area contributed by atoms with E-state index in [1.807, 2.05) is 49.4 Å². The third kappa shape index (κ3) is 3.68. The van der Waals surface area contributed by atoms with Gasteiger partial charge in [0.25, 0.3) is 5.56 Å². The molecule has 1 aromatic heterocycles. The average Bonchev–Trinajstić information content (AvgIpc) is 2.64. The van der Waals surface area contributed by atoms with Gasteiger partial charge < -0.3 is 10.1 Å². The Hall–Kier alpha value is -3.15. The molecule has 0 saturated heterocycles. The Morgan fingerprint density at radius 3 is 2.64 bits per heavy atom. The van der Waals surface area contributed by atoms with Crippen LogP contribution in [0.4, 0.5) is 0 Å². The second-order valence-electron chi connectivity index (χ2n) is 5.73. The van der Waals surface area contributed by atoms with Gasteiger partial charge in [-0.1, -0.05) is 24.3 Å². The zero-order valence-corrected chi connectivity index (χ0v) is 14.1. The van der Waals surface area contributed by atoms with Gasteiger partial charge in [0.1, 0.15) is 12.3 Å². The Balaban J connectivity index is 1.76. The quantitative estimate of drug-likeness (QED) is 0.775. The number of para-hydroxylation sites is 2. The Morgan fingerprint density at radius 1 is 1.20 bits per heavy atom. The van der Waals surface area contributed by atoms with Crippen LogP contribution in [0, 0.1) is 0 Å². The summed E-state index contributed by atoms with van der Waals surface area (Å²) < 4.78 is 6.56. The number of carbonyl (C=O) groups excluding carboxylic acids is 1. The van der Waals surface area contributed by atoms with Crippen LogP contribution >= 0.6 is 0 Å². The lowest BCUT2D eigenvalue weighted by Crippen LogP contribution is -2.34. The van der Waals surface area contributed by atoms with Crippen molar-refractivity contribution >= 4 is 16.9 Å². The van der Waals surface area contributed by atoms with E-state index in [2.05, 4.69) is 10.3 Å². The molecule has 3 rings (SSSR count). The standard InChI is InChI=1S/C19H19N3O3/c1-13(14-7-9-15(25-2)10-8-14)21-18(23)12-22-17-6-4-3-5-16(17)20-11-19(22)24/h3-11,13H,12H2,1-2H3,(H,21,23)/t13-/m0/s1. The van der Waals surface area contributed by atoms with E-state index in [0.717, 1.165) is 11.3 Å². The first-order chi connectivity index (χ1) is 12.1. The molecule has 0 fully saturated rings. The maximum absolute atomic E-state index is 12.4. The molecule has 6 nitrogen and oxygen atoms in total. The molecule has 2 aromatic carbocycles. The van der Waals surface area contributed by atoms with Gasteiger partial charge in [-0.15, -0.1) is 0 Å². The predicted octanol–water partition coefficient (Wildman–Crippen LogP) is 2.28. The molecule has 0 bridgehead atoms. The van der Waals surface area contributed by atoms with Gasteiger partial charge in [-0.25, -0.2) is 4.98 Å². The molecule has 0 aliphatic rings. The number of benzene rings is 2. The van der Waals surface area contributed by atoms with Crippen LogP contribution in [0.5, 0.6) is 5.75 Å². The van der Waals surface area contributed by atoms with Crippen molar-refractivity contribution in [2.75, 3.05) is 7.11 Å². The summed E-state index contributed by atoms with van der Waals surface area (Å²) in [5, 5.41) is 2.91. The summed E-state index contributed by atoms with van der Waals surface area (Å²) >= 11 is 0. The summed E-state index contributed by atoms with van der Waals surface area (Å²) in [5.41, 5.74) is 1.98. The molecular formula is C19H19N3O3. The molecule has 1 atom stereocenters. The van der Waals surface area contributed by atoms with E-state index in [1.54, 1.807) is 13.2 Å². The SMILES string of the molecule is COc1ccc([C@H](C)NC(=O)Cn2c(=O)cnc3ccccc32)cc1. The van der Waals surface area contributed by atoms with Crippen molar-refractivity contribution in [1.29, 1.82) is 0 Å². The van der Waals surface area contributed by atoms with Crippen LogP contribution < -0.4 is 15.6 Å². The number of fused-ring (bicyclic) bond motifs is 1. The lowest BCUT2D eigenvalue weighted by Gasteiger charge is -2.16. The molecule has 6 heteroatoms. The van der Waals surface area contributed by atoms with Crippen molar-refractivity contribution in [1.82, 2.24) is 14.9 Å². The van der Waals surface area contributed by atoms with Gasteiger partial charge in [0, 0.05) is 0 Å². The van der Waals surface area contributed by atoms with Crippen molar-refractivity contribution in [2.45, 2.75) is 19.5 Å². The molecule has 25 heavy (non-hydrogen) atoms. The molecule has 0 radical (unpaired) electrons. The number of amides is 1. The first-order valence-corrected chi connectivity index (χ1v) is 7.96. The molecule has 0 aliphatic heterocycles. The van der Waals surface area contributed by atoms with Gasteiger partial charge in [0.15, 0.2) is 0 Å². The molecule has 0 spiro atoms. The predicted molar refractivity (Wildman–Crippen MR) is 95.6 cm³/mol. The third-order valence-corrected chi connectivity index (χ3v) is 4.05. The highest BCUT2D eigenvalue weighted by atomic mass is 16.5. The number of ether oxygens (including phenoxy) is 1. The Labute approximate surface area is 145 Å². The van der Waals surface area contributed by atoms with E-state index in [1.165, 1.54) is 10.8 Å². The summed E-state index contributed by atoms with van der Waals surface area (Å²) in [6.07, 6.45) is 1.24. The maximum Gasteiger partial charge on any atom is 0.269 e. The number of nitrogens with zero attached hydrogens (tertiary/aromatic N) is 2. The summed E-state index contributed by atoms with van der Waals surface area (Å²) in [4.78, 5) is 28.6. The van der Waals surface area contributed by atoms with Crippen LogP contribution in [0.2, 0.25) is 0 Å². The lowest BCUT2D eigenvalue weighted by molar-refractivity contribution is -0.122. The zero-order valence-electron chi connectivity index (χ0n) is 14.1. The summed E-state index contributed by atoms with van der Waals surface area (Å²) in [5.74, 6) is 0.527. The minimum absolute atomic E-state index is 0.0532. The fraction of sp³-hybridized carbons (Fsp3) is 0.211.